The van der Waals surface area contributed by atoms with Gasteiger partial charge in [-0.15, -0.1) is 11.6 Å². The molecule has 2 heteroatoms. The Morgan fingerprint density at radius 1 is 1.00 bits per heavy atom. The van der Waals surface area contributed by atoms with E-state index in [9.17, 15) is 0 Å². The molecule has 0 saturated carbocycles. The number of hydrogen-bond acceptors (Lipinski definition) is 1. The van der Waals surface area contributed by atoms with Crippen LogP contribution in [0.1, 0.15) is 45.4 Å². The zero-order valence-electron chi connectivity index (χ0n) is 8.77. The smallest absolute Gasteiger partial charge is 0.0376 e. The summed E-state index contributed by atoms with van der Waals surface area (Å²) < 4.78 is 0. The van der Waals surface area contributed by atoms with Crippen LogP contribution in [0.3, 0.4) is 0 Å². The lowest BCUT2D eigenvalue weighted by Gasteiger charge is -2.27. The van der Waals surface area contributed by atoms with Gasteiger partial charge in [-0.1, -0.05) is 25.7 Å². The Labute approximate surface area is 87.4 Å². The van der Waals surface area contributed by atoms with Gasteiger partial charge < -0.3 is 0 Å². The molecule has 13 heavy (non-hydrogen) atoms. The van der Waals surface area contributed by atoms with Crippen molar-refractivity contribution in [1.29, 1.82) is 0 Å². The van der Waals surface area contributed by atoms with Crippen LogP contribution in [0.25, 0.3) is 0 Å². The lowest BCUT2D eigenvalue weighted by molar-refractivity contribution is 0.220. The lowest BCUT2D eigenvalue weighted by atomic mass is 10.1. The minimum Gasteiger partial charge on any atom is -0.299 e. The SMILES string of the molecule is C[C@H](CCl)N1CCCCCCCC1. The average Bonchev–Trinajstić information content (AvgIpc) is 2.29. The molecule has 0 aromatic carbocycles. The van der Waals surface area contributed by atoms with E-state index in [1.54, 1.807) is 0 Å². The van der Waals surface area contributed by atoms with E-state index in [1.807, 2.05) is 0 Å². The highest BCUT2D eigenvalue weighted by Crippen LogP contribution is 2.13. The third kappa shape index (κ3) is 4.33. The van der Waals surface area contributed by atoms with Gasteiger partial charge in [0.1, 0.15) is 0 Å². The zero-order valence-corrected chi connectivity index (χ0v) is 9.52. The largest absolute Gasteiger partial charge is 0.299 e. The predicted octanol–water partition coefficient (Wildman–Crippen LogP) is 3.27. The summed E-state index contributed by atoms with van der Waals surface area (Å²) >= 11 is 5.88. The quantitative estimate of drug-likeness (QED) is 0.623. The van der Waals surface area contributed by atoms with Crippen molar-refractivity contribution in [1.82, 2.24) is 4.90 Å². The maximum Gasteiger partial charge on any atom is 0.0376 e. The Morgan fingerprint density at radius 3 is 1.92 bits per heavy atom. The highest BCUT2D eigenvalue weighted by molar-refractivity contribution is 6.18. The van der Waals surface area contributed by atoms with E-state index < -0.39 is 0 Å². The Balaban J connectivity index is 2.31. The Bertz CT molecular complexity index is 117. The Morgan fingerprint density at radius 2 is 1.46 bits per heavy atom. The summed E-state index contributed by atoms with van der Waals surface area (Å²) in [6.45, 7) is 4.76. The van der Waals surface area contributed by atoms with E-state index >= 15 is 0 Å². The third-order valence-corrected chi connectivity index (χ3v) is 3.43. The molecule has 1 fully saturated rings. The van der Waals surface area contributed by atoms with Crippen LogP contribution < -0.4 is 0 Å². The van der Waals surface area contributed by atoms with E-state index in [4.69, 9.17) is 11.6 Å². The normalized spacial score (nSPS) is 24.5. The van der Waals surface area contributed by atoms with Gasteiger partial charge in [0.05, 0.1) is 0 Å². The highest BCUT2D eigenvalue weighted by atomic mass is 35.5. The molecule has 1 aliphatic rings. The van der Waals surface area contributed by atoms with Crippen molar-refractivity contribution in [2.45, 2.75) is 51.5 Å². The first kappa shape index (κ1) is 11.3. The molecule has 0 aliphatic carbocycles. The molecule has 0 bridgehead atoms. The number of hydrogen-bond donors (Lipinski definition) is 0. The second-order valence-electron chi connectivity index (χ2n) is 4.16. The van der Waals surface area contributed by atoms with Crippen molar-refractivity contribution in [2.75, 3.05) is 19.0 Å². The molecule has 0 aromatic heterocycles. The van der Waals surface area contributed by atoms with Gasteiger partial charge in [0.2, 0.25) is 0 Å². The molecule has 0 amide bonds. The monoisotopic (exact) mass is 203 g/mol. The van der Waals surface area contributed by atoms with Crippen molar-refractivity contribution in [3.8, 4) is 0 Å². The molecular weight excluding hydrogens is 182 g/mol. The summed E-state index contributed by atoms with van der Waals surface area (Å²) in [4.78, 5) is 2.55. The maximum absolute atomic E-state index is 5.88. The first-order chi connectivity index (χ1) is 6.34. The minimum absolute atomic E-state index is 0.569. The second-order valence-corrected chi connectivity index (χ2v) is 4.47. The molecular formula is C11H22ClN. The fourth-order valence-corrected chi connectivity index (χ4v) is 2.18. The molecule has 78 valence electrons. The molecule has 1 heterocycles. The highest BCUT2D eigenvalue weighted by Gasteiger charge is 2.12. The van der Waals surface area contributed by atoms with Gasteiger partial charge >= 0.3 is 0 Å². The first-order valence-corrected chi connectivity index (χ1v) is 6.18. The molecule has 1 rings (SSSR count). The van der Waals surface area contributed by atoms with Crippen molar-refractivity contribution in [3.05, 3.63) is 0 Å². The molecule has 0 radical (unpaired) electrons. The predicted molar refractivity (Wildman–Crippen MR) is 59.5 cm³/mol. The molecule has 0 aromatic rings. The van der Waals surface area contributed by atoms with Crippen molar-refractivity contribution in [3.63, 3.8) is 0 Å². The van der Waals surface area contributed by atoms with Crippen LogP contribution in [0.5, 0.6) is 0 Å². The van der Waals surface area contributed by atoms with Gasteiger partial charge in [0, 0.05) is 11.9 Å². The standard InChI is InChI=1S/C11H22ClN/c1-11(10-12)13-8-6-4-2-3-5-7-9-13/h11H,2-10H2,1H3/t11-/m1/s1. The van der Waals surface area contributed by atoms with Crippen molar-refractivity contribution < 1.29 is 0 Å². The van der Waals surface area contributed by atoms with Crippen LogP contribution in [0.4, 0.5) is 0 Å². The molecule has 1 atom stereocenters. The summed E-state index contributed by atoms with van der Waals surface area (Å²) in [7, 11) is 0. The number of rotatable bonds is 2. The van der Waals surface area contributed by atoms with Gasteiger partial charge in [0.15, 0.2) is 0 Å². The van der Waals surface area contributed by atoms with Gasteiger partial charge in [-0.05, 0) is 32.9 Å². The van der Waals surface area contributed by atoms with E-state index in [-0.39, 0.29) is 0 Å². The van der Waals surface area contributed by atoms with E-state index in [0.29, 0.717) is 6.04 Å². The van der Waals surface area contributed by atoms with Crippen LogP contribution >= 0.6 is 11.6 Å². The van der Waals surface area contributed by atoms with E-state index in [0.717, 1.165) is 5.88 Å². The molecule has 1 saturated heterocycles. The van der Waals surface area contributed by atoms with Crippen LogP contribution in [0.15, 0.2) is 0 Å². The second kappa shape index (κ2) is 6.67. The summed E-state index contributed by atoms with van der Waals surface area (Å²) in [6.07, 6.45) is 8.41. The zero-order chi connectivity index (χ0) is 9.52. The Hall–Kier alpha value is 0.250. The molecule has 0 N–H and O–H groups in total. The van der Waals surface area contributed by atoms with Crippen molar-refractivity contribution >= 4 is 11.6 Å². The molecule has 1 aliphatic heterocycles. The van der Waals surface area contributed by atoms with Crippen LogP contribution in [0, 0.1) is 0 Å². The average molecular weight is 204 g/mol. The summed E-state index contributed by atoms with van der Waals surface area (Å²) in [5, 5.41) is 0. The van der Waals surface area contributed by atoms with Gasteiger partial charge in [-0.2, -0.15) is 0 Å². The van der Waals surface area contributed by atoms with E-state index in [2.05, 4.69) is 11.8 Å². The first-order valence-electron chi connectivity index (χ1n) is 5.64. The van der Waals surface area contributed by atoms with Crippen molar-refractivity contribution in [2.24, 2.45) is 0 Å². The van der Waals surface area contributed by atoms with Gasteiger partial charge in [-0.25, -0.2) is 0 Å². The number of halogens is 1. The van der Waals surface area contributed by atoms with Gasteiger partial charge in [-0.3, -0.25) is 4.90 Å². The topological polar surface area (TPSA) is 3.24 Å². The molecule has 1 nitrogen and oxygen atoms in total. The van der Waals surface area contributed by atoms with Gasteiger partial charge in [0.25, 0.3) is 0 Å². The number of nitrogens with zero attached hydrogens (tertiary/aromatic N) is 1. The van der Waals surface area contributed by atoms with Crippen LogP contribution in [0.2, 0.25) is 0 Å². The fourth-order valence-electron chi connectivity index (χ4n) is 1.99. The van der Waals surface area contributed by atoms with Crippen LogP contribution in [-0.4, -0.2) is 29.9 Å². The summed E-state index contributed by atoms with van der Waals surface area (Å²) in [5.41, 5.74) is 0. The minimum atomic E-state index is 0.569. The van der Waals surface area contributed by atoms with Crippen LogP contribution in [-0.2, 0) is 0 Å². The lowest BCUT2D eigenvalue weighted by Crippen LogP contribution is -2.35. The third-order valence-electron chi connectivity index (χ3n) is 2.99. The number of alkyl halides is 1. The summed E-state index contributed by atoms with van der Waals surface area (Å²) in [6, 6.07) is 0.569. The fraction of sp³-hybridized carbons (Fsp3) is 1.00. The molecule has 0 unspecified atom stereocenters. The van der Waals surface area contributed by atoms with E-state index in [1.165, 1.54) is 51.6 Å². The summed E-state index contributed by atoms with van der Waals surface area (Å²) in [5.74, 6) is 0.778. The maximum atomic E-state index is 5.88. The molecule has 0 spiro atoms. The Kier molecular flexibility index (Phi) is 5.81.